The SMILES string of the molecule is CS(=O)(=O)CNCCCCOc1ccc2ncnc(Nc3ccc(OCc4cccc(F)c4)c(Cl)c3)c2c1. The van der Waals surface area contributed by atoms with Gasteiger partial charge in [0.1, 0.15) is 36.1 Å². The molecule has 0 aliphatic heterocycles. The summed E-state index contributed by atoms with van der Waals surface area (Å²) in [7, 11) is -3.01. The number of halogens is 2. The van der Waals surface area contributed by atoms with Gasteiger partial charge in [0, 0.05) is 17.3 Å². The number of nitrogens with zero attached hydrogens (tertiary/aromatic N) is 2. The number of rotatable bonds is 13. The molecular formula is C27H28ClFN4O4S. The van der Waals surface area contributed by atoms with Crippen LogP contribution < -0.4 is 20.1 Å². The van der Waals surface area contributed by atoms with Crippen molar-refractivity contribution in [2.45, 2.75) is 19.4 Å². The first-order chi connectivity index (χ1) is 18.3. The van der Waals surface area contributed by atoms with Crippen LogP contribution in [0, 0.1) is 5.82 Å². The smallest absolute Gasteiger partial charge is 0.160 e. The van der Waals surface area contributed by atoms with Gasteiger partial charge < -0.3 is 20.1 Å². The summed E-state index contributed by atoms with van der Waals surface area (Å²) in [5, 5.41) is 7.36. The Kier molecular flexibility index (Phi) is 9.33. The third-order valence-electron chi connectivity index (χ3n) is 5.47. The highest BCUT2D eigenvalue weighted by Crippen LogP contribution is 2.32. The van der Waals surface area contributed by atoms with Crippen LogP contribution in [-0.4, -0.2) is 43.7 Å². The van der Waals surface area contributed by atoms with E-state index in [-0.39, 0.29) is 18.3 Å². The zero-order valence-electron chi connectivity index (χ0n) is 20.8. The quantitative estimate of drug-likeness (QED) is 0.208. The van der Waals surface area contributed by atoms with Gasteiger partial charge in [-0.15, -0.1) is 0 Å². The van der Waals surface area contributed by atoms with Gasteiger partial charge in [-0.1, -0.05) is 23.7 Å². The first-order valence-electron chi connectivity index (χ1n) is 12.0. The van der Waals surface area contributed by atoms with Crippen LogP contribution >= 0.6 is 11.6 Å². The average molecular weight is 559 g/mol. The number of hydrogen-bond donors (Lipinski definition) is 2. The van der Waals surface area contributed by atoms with E-state index >= 15 is 0 Å². The number of ether oxygens (including phenoxy) is 2. The Morgan fingerprint density at radius 3 is 2.66 bits per heavy atom. The summed E-state index contributed by atoms with van der Waals surface area (Å²) in [5.74, 6) is 1.41. The number of aromatic nitrogens is 2. The van der Waals surface area contributed by atoms with Gasteiger partial charge >= 0.3 is 0 Å². The summed E-state index contributed by atoms with van der Waals surface area (Å²) in [6.07, 6.45) is 4.25. The Balaban J connectivity index is 1.36. The minimum Gasteiger partial charge on any atom is -0.494 e. The second-order valence-corrected chi connectivity index (χ2v) is 11.3. The first kappa shape index (κ1) is 27.6. The second-order valence-electron chi connectivity index (χ2n) is 8.72. The molecule has 0 aliphatic rings. The molecule has 2 N–H and O–H groups in total. The van der Waals surface area contributed by atoms with E-state index in [4.69, 9.17) is 21.1 Å². The summed E-state index contributed by atoms with van der Waals surface area (Å²) in [5.41, 5.74) is 2.17. The third-order valence-corrected chi connectivity index (χ3v) is 6.49. The van der Waals surface area contributed by atoms with Crippen molar-refractivity contribution in [1.29, 1.82) is 0 Å². The van der Waals surface area contributed by atoms with E-state index in [9.17, 15) is 12.8 Å². The van der Waals surface area contributed by atoms with Crippen molar-refractivity contribution >= 4 is 43.8 Å². The minimum atomic E-state index is -3.01. The molecule has 11 heteroatoms. The zero-order valence-corrected chi connectivity index (χ0v) is 22.4. The lowest BCUT2D eigenvalue weighted by atomic mass is 10.2. The van der Waals surface area contributed by atoms with Gasteiger partial charge in [0.05, 0.1) is 23.0 Å². The lowest BCUT2D eigenvalue weighted by Gasteiger charge is -2.13. The summed E-state index contributed by atoms with van der Waals surface area (Å²) in [6.45, 7) is 1.29. The lowest BCUT2D eigenvalue weighted by Crippen LogP contribution is -2.23. The van der Waals surface area contributed by atoms with E-state index in [0.717, 1.165) is 23.7 Å². The molecule has 8 nitrogen and oxygen atoms in total. The molecule has 4 rings (SSSR count). The Labute approximate surface area is 226 Å². The van der Waals surface area contributed by atoms with Crippen molar-refractivity contribution < 1.29 is 22.3 Å². The van der Waals surface area contributed by atoms with Crippen molar-refractivity contribution in [2.75, 3.05) is 30.6 Å². The Morgan fingerprint density at radius 2 is 1.87 bits per heavy atom. The van der Waals surface area contributed by atoms with E-state index in [1.807, 2.05) is 24.3 Å². The Hall–Kier alpha value is -3.47. The summed E-state index contributed by atoms with van der Waals surface area (Å²) in [6, 6.07) is 17.1. The van der Waals surface area contributed by atoms with Crippen LogP contribution in [0.4, 0.5) is 15.9 Å². The van der Waals surface area contributed by atoms with E-state index in [1.54, 1.807) is 24.3 Å². The molecule has 0 atom stereocenters. The third kappa shape index (κ3) is 8.27. The summed E-state index contributed by atoms with van der Waals surface area (Å²) < 4.78 is 47.3. The number of benzene rings is 3. The Morgan fingerprint density at radius 1 is 1.00 bits per heavy atom. The number of sulfone groups is 1. The maximum atomic E-state index is 13.4. The predicted molar refractivity (Wildman–Crippen MR) is 147 cm³/mol. The molecule has 0 saturated carbocycles. The van der Waals surface area contributed by atoms with Gasteiger partial charge in [0.2, 0.25) is 0 Å². The fourth-order valence-corrected chi connectivity index (χ4v) is 4.40. The van der Waals surface area contributed by atoms with Crippen LogP contribution in [0.5, 0.6) is 11.5 Å². The van der Waals surface area contributed by atoms with Gasteiger partial charge in [-0.2, -0.15) is 0 Å². The standard InChI is InChI=1S/C27H28ClFN4O4S/c1-38(34,35)18-30-11-2-3-12-36-22-8-9-25-23(15-22)27(32-17-31-25)33-21-7-10-26(24(28)14-21)37-16-19-5-4-6-20(29)13-19/h4-10,13-15,17,30H,2-3,11-12,16,18H2,1H3,(H,31,32,33). The molecule has 3 aromatic carbocycles. The topological polar surface area (TPSA) is 102 Å². The molecule has 0 bridgehead atoms. The molecule has 200 valence electrons. The average Bonchev–Trinajstić information content (AvgIpc) is 2.87. The van der Waals surface area contributed by atoms with Gasteiger partial charge in [-0.05, 0) is 73.5 Å². The molecule has 0 spiro atoms. The normalized spacial score (nSPS) is 11.4. The van der Waals surface area contributed by atoms with Gasteiger partial charge in [0.15, 0.2) is 9.84 Å². The molecule has 4 aromatic rings. The predicted octanol–water partition coefficient (Wildman–Crippen LogP) is 5.50. The fraction of sp³-hybridized carbons (Fsp3) is 0.259. The number of nitrogens with one attached hydrogen (secondary N) is 2. The van der Waals surface area contributed by atoms with E-state index < -0.39 is 9.84 Å². The molecule has 0 fully saturated rings. The maximum Gasteiger partial charge on any atom is 0.160 e. The van der Waals surface area contributed by atoms with Crippen LogP contribution in [0.3, 0.4) is 0 Å². The first-order valence-corrected chi connectivity index (χ1v) is 14.4. The number of hydrogen-bond acceptors (Lipinski definition) is 8. The maximum absolute atomic E-state index is 13.4. The molecule has 0 amide bonds. The molecule has 0 radical (unpaired) electrons. The van der Waals surface area contributed by atoms with Crippen molar-refractivity contribution in [3.8, 4) is 11.5 Å². The fourth-order valence-electron chi connectivity index (χ4n) is 3.64. The van der Waals surface area contributed by atoms with Gasteiger partial charge in [-0.25, -0.2) is 22.8 Å². The highest BCUT2D eigenvalue weighted by Gasteiger charge is 2.09. The molecule has 0 saturated heterocycles. The Bertz CT molecular complexity index is 1500. The van der Waals surface area contributed by atoms with Crippen LogP contribution in [0.1, 0.15) is 18.4 Å². The van der Waals surface area contributed by atoms with Crippen molar-refractivity contribution in [2.24, 2.45) is 0 Å². The molecular weight excluding hydrogens is 531 g/mol. The summed E-state index contributed by atoms with van der Waals surface area (Å²) in [4.78, 5) is 8.71. The van der Waals surface area contributed by atoms with E-state index in [2.05, 4.69) is 20.6 Å². The van der Waals surface area contributed by atoms with Gasteiger partial charge in [0.25, 0.3) is 0 Å². The highest BCUT2D eigenvalue weighted by molar-refractivity contribution is 7.90. The lowest BCUT2D eigenvalue weighted by molar-refractivity contribution is 0.306. The minimum absolute atomic E-state index is 0.0236. The molecule has 0 unspecified atom stereocenters. The highest BCUT2D eigenvalue weighted by atomic mass is 35.5. The van der Waals surface area contributed by atoms with Crippen LogP contribution in [0.15, 0.2) is 67.0 Å². The molecule has 1 aromatic heterocycles. The van der Waals surface area contributed by atoms with Gasteiger partial charge in [-0.3, -0.25) is 0 Å². The molecule has 0 aliphatic carbocycles. The van der Waals surface area contributed by atoms with Crippen molar-refractivity contribution in [3.63, 3.8) is 0 Å². The van der Waals surface area contributed by atoms with Crippen molar-refractivity contribution in [1.82, 2.24) is 15.3 Å². The van der Waals surface area contributed by atoms with Crippen LogP contribution in [0.25, 0.3) is 10.9 Å². The molecule has 1 heterocycles. The van der Waals surface area contributed by atoms with Crippen molar-refractivity contribution in [3.05, 3.63) is 83.4 Å². The monoisotopic (exact) mass is 558 g/mol. The summed E-state index contributed by atoms with van der Waals surface area (Å²) >= 11 is 6.44. The molecule has 38 heavy (non-hydrogen) atoms. The van der Waals surface area contributed by atoms with E-state index in [1.165, 1.54) is 24.7 Å². The van der Waals surface area contributed by atoms with E-state index in [0.29, 0.717) is 46.7 Å². The zero-order chi connectivity index (χ0) is 27.0. The second kappa shape index (κ2) is 12.9. The largest absolute Gasteiger partial charge is 0.494 e. The number of fused-ring (bicyclic) bond motifs is 1. The number of unbranched alkanes of at least 4 members (excludes halogenated alkanes) is 1. The van der Waals surface area contributed by atoms with Crippen LogP contribution in [-0.2, 0) is 16.4 Å². The van der Waals surface area contributed by atoms with Crippen LogP contribution in [0.2, 0.25) is 5.02 Å². The number of anilines is 2.